The number of hydrogen-bond acceptors (Lipinski definition) is 6. The van der Waals surface area contributed by atoms with Crippen molar-refractivity contribution in [1.29, 1.82) is 0 Å². The lowest BCUT2D eigenvalue weighted by molar-refractivity contribution is -0.122. The van der Waals surface area contributed by atoms with Crippen LogP contribution in [0.4, 0.5) is 5.82 Å². The van der Waals surface area contributed by atoms with Crippen molar-refractivity contribution >= 4 is 11.7 Å². The average Bonchev–Trinajstić information content (AvgIpc) is 2.79. The van der Waals surface area contributed by atoms with Crippen molar-refractivity contribution in [3.8, 4) is 0 Å². The predicted molar refractivity (Wildman–Crippen MR) is 126 cm³/mol. The van der Waals surface area contributed by atoms with E-state index in [1.807, 2.05) is 24.4 Å². The van der Waals surface area contributed by atoms with Crippen LogP contribution in [0, 0.1) is 0 Å². The smallest absolute Gasteiger partial charge is 0.234 e. The van der Waals surface area contributed by atoms with E-state index >= 15 is 0 Å². The minimum absolute atomic E-state index is 0.0802. The Morgan fingerprint density at radius 2 is 1.66 bits per heavy atom. The van der Waals surface area contributed by atoms with E-state index in [2.05, 4.69) is 63.1 Å². The molecule has 2 unspecified atom stereocenters. The fourth-order valence-electron chi connectivity index (χ4n) is 4.57. The molecule has 2 aromatic rings. The maximum absolute atomic E-state index is 12.4. The third-order valence-corrected chi connectivity index (χ3v) is 6.13. The number of hydrogen-bond donors (Lipinski definition) is 1. The summed E-state index contributed by atoms with van der Waals surface area (Å²) < 4.78 is 5.82. The van der Waals surface area contributed by atoms with Gasteiger partial charge in [0.2, 0.25) is 5.91 Å². The van der Waals surface area contributed by atoms with Crippen LogP contribution in [0.3, 0.4) is 0 Å². The zero-order valence-corrected chi connectivity index (χ0v) is 19.2. The van der Waals surface area contributed by atoms with Gasteiger partial charge in [0.05, 0.1) is 18.8 Å². The van der Waals surface area contributed by atoms with Gasteiger partial charge in [-0.05, 0) is 37.1 Å². The monoisotopic (exact) mass is 437 g/mol. The molecule has 2 atom stereocenters. The third-order valence-electron chi connectivity index (χ3n) is 6.13. The lowest BCUT2D eigenvalue weighted by atomic mass is 10.1. The molecule has 4 rings (SSSR count). The SMILES string of the molecule is CC1CN(Cc2ccc(CNC(=O)CN3CCN(c4ccccn4)CC3)cc2)CC(C)O1. The normalized spacial score (nSPS) is 22.6. The molecular weight excluding hydrogens is 402 g/mol. The maximum atomic E-state index is 12.4. The van der Waals surface area contributed by atoms with E-state index in [4.69, 9.17) is 4.74 Å². The number of carbonyl (C=O) groups excluding carboxylic acids is 1. The van der Waals surface area contributed by atoms with Gasteiger partial charge in [-0.25, -0.2) is 4.98 Å². The molecule has 2 aliphatic rings. The molecule has 1 N–H and O–H groups in total. The number of rotatable bonds is 7. The summed E-state index contributed by atoms with van der Waals surface area (Å²) in [5.74, 6) is 1.09. The van der Waals surface area contributed by atoms with Crippen LogP contribution in [-0.4, -0.2) is 78.7 Å². The molecule has 1 amide bonds. The van der Waals surface area contributed by atoms with E-state index in [0.717, 1.165) is 57.2 Å². The molecule has 0 bridgehead atoms. The largest absolute Gasteiger partial charge is 0.373 e. The van der Waals surface area contributed by atoms with Gasteiger partial charge in [-0.2, -0.15) is 0 Å². The van der Waals surface area contributed by atoms with Crippen molar-refractivity contribution in [3.63, 3.8) is 0 Å². The number of pyridine rings is 1. The molecule has 7 heteroatoms. The van der Waals surface area contributed by atoms with Gasteiger partial charge < -0.3 is 15.0 Å². The van der Waals surface area contributed by atoms with E-state index in [1.54, 1.807) is 0 Å². The number of carbonyl (C=O) groups is 1. The average molecular weight is 438 g/mol. The Kier molecular flexibility index (Phi) is 7.73. The summed E-state index contributed by atoms with van der Waals surface area (Å²) >= 11 is 0. The standard InChI is InChI=1S/C25H35N5O2/c1-20-16-29(17-21(2)32-20)18-23-8-6-22(7-9-23)15-27-25(31)19-28-11-13-30(14-12-28)24-5-3-4-10-26-24/h3-10,20-21H,11-19H2,1-2H3,(H,27,31). The van der Waals surface area contributed by atoms with E-state index < -0.39 is 0 Å². The highest BCUT2D eigenvalue weighted by molar-refractivity contribution is 5.78. The van der Waals surface area contributed by atoms with Gasteiger partial charge in [0.1, 0.15) is 5.82 Å². The second-order valence-corrected chi connectivity index (χ2v) is 9.00. The molecular formula is C25H35N5O2. The molecule has 0 aliphatic carbocycles. The van der Waals surface area contributed by atoms with Crippen LogP contribution in [0.25, 0.3) is 0 Å². The van der Waals surface area contributed by atoms with Crippen LogP contribution in [0.2, 0.25) is 0 Å². The van der Waals surface area contributed by atoms with Crippen LogP contribution >= 0.6 is 0 Å². The first-order valence-corrected chi connectivity index (χ1v) is 11.7. The first kappa shape index (κ1) is 22.7. The van der Waals surface area contributed by atoms with E-state index in [9.17, 15) is 4.79 Å². The van der Waals surface area contributed by atoms with Crippen molar-refractivity contribution in [1.82, 2.24) is 20.1 Å². The number of morpholine rings is 1. The lowest BCUT2D eigenvalue weighted by Crippen LogP contribution is -2.49. The minimum Gasteiger partial charge on any atom is -0.373 e. The first-order valence-electron chi connectivity index (χ1n) is 11.7. The van der Waals surface area contributed by atoms with Crippen LogP contribution in [0.5, 0.6) is 0 Å². The Bertz CT molecular complexity index is 842. The molecule has 2 fully saturated rings. The molecule has 2 aliphatic heterocycles. The number of ether oxygens (including phenoxy) is 1. The molecule has 32 heavy (non-hydrogen) atoms. The highest BCUT2D eigenvalue weighted by Crippen LogP contribution is 2.15. The summed E-state index contributed by atoms with van der Waals surface area (Å²) in [7, 11) is 0. The predicted octanol–water partition coefficient (Wildman–Crippen LogP) is 2.13. The first-order chi connectivity index (χ1) is 15.5. The summed E-state index contributed by atoms with van der Waals surface area (Å²) in [6, 6.07) is 14.6. The second-order valence-electron chi connectivity index (χ2n) is 9.00. The molecule has 0 radical (unpaired) electrons. The molecule has 172 valence electrons. The number of benzene rings is 1. The molecule has 0 spiro atoms. The van der Waals surface area contributed by atoms with Crippen LogP contribution in [0.1, 0.15) is 25.0 Å². The van der Waals surface area contributed by atoms with Gasteiger partial charge in [-0.15, -0.1) is 0 Å². The topological polar surface area (TPSA) is 60.9 Å². The Labute approximate surface area is 191 Å². The van der Waals surface area contributed by atoms with E-state index in [0.29, 0.717) is 13.1 Å². The molecule has 1 aromatic heterocycles. The molecule has 3 heterocycles. The van der Waals surface area contributed by atoms with Gasteiger partial charge in [0.15, 0.2) is 0 Å². The van der Waals surface area contributed by atoms with Crippen LogP contribution < -0.4 is 10.2 Å². The minimum atomic E-state index is 0.0802. The third kappa shape index (κ3) is 6.51. The Hall–Kier alpha value is -2.48. The highest BCUT2D eigenvalue weighted by Gasteiger charge is 2.22. The fraction of sp³-hybridized carbons (Fsp3) is 0.520. The van der Waals surface area contributed by atoms with E-state index in [-0.39, 0.29) is 18.1 Å². The van der Waals surface area contributed by atoms with Crippen LogP contribution in [0.15, 0.2) is 48.7 Å². The summed E-state index contributed by atoms with van der Waals surface area (Å²) in [5, 5.41) is 3.07. The summed E-state index contributed by atoms with van der Waals surface area (Å²) in [6.07, 6.45) is 2.39. The Morgan fingerprint density at radius 1 is 0.969 bits per heavy atom. The number of aromatic nitrogens is 1. The van der Waals surface area contributed by atoms with Gasteiger partial charge >= 0.3 is 0 Å². The summed E-state index contributed by atoms with van der Waals surface area (Å²) in [6.45, 7) is 11.7. The van der Waals surface area contributed by atoms with Gasteiger partial charge in [-0.3, -0.25) is 14.6 Å². The van der Waals surface area contributed by atoms with Gasteiger partial charge in [0.25, 0.3) is 0 Å². The zero-order valence-electron chi connectivity index (χ0n) is 19.2. The van der Waals surface area contributed by atoms with Gasteiger partial charge in [0, 0.05) is 58.6 Å². The van der Waals surface area contributed by atoms with Crippen LogP contribution in [-0.2, 0) is 22.6 Å². The Morgan fingerprint density at radius 3 is 2.31 bits per heavy atom. The number of nitrogens with zero attached hydrogens (tertiary/aromatic N) is 4. The molecule has 1 aromatic carbocycles. The number of piperazine rings is 1. The van der Waals surface area contributed by atoms with Crippen molar-refractivity contribution in [2.45, 2.75) is 39.1 Å². The van der Waals surface area contributed by atoms with Crippen molar-refractivity contribution in [3.05, 3.63) is 59.8 Å². The molecule has 2 saturated heterocycles. The number of anilines is 1. The van der Waals surface area contributed by atoms with Crippen molar-refractivity contribution in [2.75, 3.05) is 50.7 Å². The zero-order chi connectivity index (χ0) is 22.3. The highest BCUT2D eigenvalue weighted by atomic mass is 16.5. The number of nitrogens with one attached hydrogen (secondary N) is 1. The Balaban J connectivity index is 1.17. The second kappa shape index (κ2) is 10.9. The molecule has 7 nitrogen and oxygen atoms in total. The quantitative estimate of drug-likeness (QED) is 0.716. The molecule has 0 saturated carbocycles. The van der Waals surface area contributed by atoms with Gasteiger partial charge in [-0.1, -0.05) is 30.3 Å². The van der Waals surface area contributed by atoms with E-state index in [1.165, 1.54) is 5.56 Å². The summed E-state index contributed by atoms with van der Waals surface area (Å²) in [4.78, 5) is 23.8. The fourth-order valence-corrected chi connectivity index (χ4v) is 4.57. The van der Waals surface area contributed by atoms with Crippen molar-refractivity contribution < 1.29 is 9.53 Å². The lowest BCUT2D eigenvalue weighted by Gasteiger charge is -2.35. The number of amides is 1. The maximum Gasteiger partial charge on any atom is 0.234 e. The summed E-state index contributed by atoms with van der Waals surface area (Å²) in [5.41, 5.74) is 2.43. The van der Waals surface area contributed by atoms with Crippen molar-refractivity contribution in [2.24, 2.45) is 0 Å².